The fourth-order valence-corrected chi connectivity index (χ4v) is 1.61. The molecule has 1 fully saturated rings. The van der Waals surface area contributed by atoms with E-state index in [4.69, 9.17) is 19.0 Å². The fourth-order valence-electron chi connectivity index (χ4n) is 1.61. The monoisotopic (exact) mass is 226 g/mol. The van der Waals surface area contributed by atoms with Crippen molar-refractivity contribution < 1.29 is 23.8 Å². The zero-order chi connectivity index (χ0) is 11.4. The molecule has 88 valence electrons. The normalized spacial score (nSPS) is 17.5. The number of carboxylic acids is 1. The Labute approximate surface area is 93.0 Å². The summed E-state index contributed by atoms with van der Waals surface area (Å²) < 4.78 is 15.9. The minimum Gasteiger partial charge on any atom is -0.478 e. The summed E-state index contributed by atoms with van der Waals surface area (Å²) in [4.78, 5) is 10.6. The zero-order valence-corrected chi connectivity index (χ0v) is 8.85. The highest BCUT2D eigenvalue weighted by molar-refractivity contribution is 5.87. The first kappa shape index (κ1) is 11.2. The SMILES string of the molecule is O=C(O)c1coc(COC2CCOCC2)c1. The first-order valence-corrected chi connectivity index (χ1v) is 5.26. The molecule has 0 aromatic carbocycles. The average molecular weight is 226 g/mol. The molecule has 0 radical (unpaired) electrons. The summed E-state index contributed by atoms with van der Waals surface area (Å²) in [5, 5.41) is 8.70. The van der Waals surface area contributed by atoms with Gasteiger partial charge in [0.1, 0.15) is 18.6 Å². The Bertz CT molecular complexity index is 351. The van der Waals surface area contributed by atoms with Gasteiger partial charge in [-0.1, -0.05) is 0 Å². The third kappa shape index (κ3) is 2.84. The summed E-state index contributed by atoms with van der Waals surface area (Å²) in [6.07, 6.45) is 3.18. The standard InChI is InChI=1S/C11H14O5/c12-11(13)8-5-10(15-6-8)7-16-9-1-3-14-4-2-9/h5-6,9H,1-4,7H2,(H,12,13). The second kappa shape index (κ2) is 5.14. The zero-order valence-electron chi connectivity index (χ0n) is 8.85. The third-order valence-corrected chi connectivity index (χ3v) is 2.53. The Morgan fingerprint density at radius 1 is 1.50 bits per heavy atom. The molecule has 1 saturated heterocycles. The van der Waals surface area contributed by atoms with Gasteiger partial charge in [-0.3, -0.25) is 0 Å². The summed E-state index contributed by atoms with van der Waals surface area (Å²) in [7, 11) is 0. The van der Waals surface area contributed by atoms with Crippen molar-refractivity contribution in [2.24, 2.45) is 0 Å². The molecule has 0 unspecified atom stereocenters. The van der Waals surface area contributed by atoms with Gasteiger partial charge >= 0.3 is 5.97 Å². The molecule has 1 N–H and O–H groups in total. The number of ether oxygens (including phenoxy) is 2. The molecule has 0 amide bonds. The molecule has 0 aliphatic carbocycles. The number of hydrogen-bond acceptors (Lipinski definition) is 4. The summed E-state index contributed by atoms with van der Waals surface area (Å²) in [6.45, 7) is 1.77. The molecular formula is C11H14O5. The highest BCUT2D eigenvalue weighted by Crippen LogP contribution is 2.15. The van der Waals surface area contributed by atoms with Crippen molar-refractivity contribution in [2.75, 3.05) is 13.2 Å². The number of carboxylic acid groups (broad SMARTS) is 1. The van der Waals surface area contributed by atoms with Crippen LogP contribution >= 0.6 is 0 Å². The largest absolute Gasteiger partial charge is 0.478 e. The molecule has 0 spiro atoms. The molecule has 1 aromatic rings. The minimum absolute atomic E-state index is 0.158. The Kier molecular flexibility index (Phi) is 3.58. The van der Waals surface area contributed by atoms with Crippen LogP contribution in [-0.2, 0) is 16.1 Å². The van der Waals surface area contributed by atoms with Crippen LogP contribution in [0, 0.1) is 0 Å². The molecule has 16 heavy (non-hydrogen) atoms. The van der Waals surface area contributed by atoms with Crippen molar-refractivity contribution in [3.8, 4) is 0 Å². The van der Waals surface area contributed by atoms with E-state index in [-0.39, 0.29) is 11.7 Å². The topological polar surface area (TPSA) is 68.9 Å². The van der Waals surface area contributed by atoms with Crippen LogP contribution in [0.4, 0.5) is 0 Å². The van der Waals surface area contributed by atoms with Crippen LogP contribution < -0.4 is 0 Å². The van der Waals surface area contributed by atoms with Crippen LogP contribution in [0.25, 0.3) is 0 Å². The van der Waals surface area contributed by atoms with E-state index in [2.05, 4.69) is 0 Å². The maximum absolute atomic E-state index is 10.6. The lowest BCUT2D eigenvalue weighted by Crippen LogP contribution is -2.23. The number of furan rings is 1. The summed E-state index contributed by atoms with van der Waals surface area (Å²) in [5.41, 5.74) is 0.158. The van der Waals surface area contributed by atoms with E-state index in [1.54, 1.807) is 0 Å². The maximum Gasteiger partial charge on any atom is 0.338 e. The van der Waals surface area contributed by atoms with Gasteiger partial charge in [0.15, 0.2) is 0 Å². The quantitative estimate of drug-likeness (QED) is 0.845. The van der Waals surface area contributed by atoms with Crippen molar-refractivity contribution in [1.29, 1.82) is 0 Å². The van der Waals surface area contributed by atoms with Gasteiger partial charge in [-0.25, -0.2) is 4.79 Å². The van der Waals surface area contributed by atoms with Gasteiger partial charge in [0.05, 0.1) is 11.7 Å². The van der Waals surface area contributed by atoms with E-state index >= 15 is 0 Å². The van der Waals surface area contributed by atoms with Crippen LogP contribution in [0.5, 0.6) is 0 Å². The van der Waals surface area contributed by atoms with E-state index in [1.807, 2.05) is 0 Å². The Balaban J connectivity index is 1.81. The van der Waals surface area contributed by atoms with Crippen LogP contribution in [0.1, 0.15) is 29.0 Å². The first-order valence-electron chi connectivity index (χ1n) is 5.26. The number of carbonyl (C=O) groups is 1. The number of aromatic carboxylic acids is 1. The van der Waals surface area contributed by atoms with Crippen molar-refractivity contribution in [2.45, 2.75) is 25.6 Å². The van der Waals surface area contributed by atoms with Gasteiger partial charge in [0, 0.05) is 13.2 Å². The van der Waals surface area contributed by atoms with E-state index in [1.165, 1.54) is 12.3 Å². The van der Waals surface area contributed by atoms with Crippen LogP contribution in [-0.4, -0.2) is 30.4 Å². The fraction of sp³-hybridized carbons (Fsp3) is 0.545. The van der Waals surface area contributed by atoms with Gasteiger partial charge in [-0.15, -0.1) is 0 Å². The summed E-state index contributed by atoms with van der Waals surface area (Å²) >= 11 is 0. The molecular weight excluding hydrogens is 212 g/mol. The van der Waals surface area contributed by atoms with Crippen molar-refractivity contribution in [1.82, 2.24) is 0 Å². The molecule has 0 atom stereocenters. The second-order valence-electron chi connectivity index (χ2n) is 3.73. The molecule has 5 heteroatoms. The molecule has 2 heterocycles. The Morgan fingerprint density at radius 2 is 2.25 bits per heavy atom. The van der Waals surface area contributed by atoms with Crippen LogP contribution in [0.15, 0.2) is 16.7 Å². The van der Waals surface area contributed by atoms with Crippen LogP contribution in [0.2, 0.25) is 0 Å². The molecule has 0 saturated carbocycles. The molecule has 1 aromatic heterocycles. The van der Waals surface area contributed by atoms with Gasteiger partial charge in [-0.2, -0.15) is 0 Å². The highest BCUT2D eigenvalue weighted by atomic mass is 16.5. The Hall–Kier alpha value is -1.33. The summed E-state index contributed by atoms with van der Waals surface area (Å²) in [5.74, 6) is -0.440. The minimum atomic E-state index is -0.985. The highest BCUT2D eigenvalue weighted by Gasteiger charge is 2.15. The van der Waals surface area contributed by atoms with E-state index < -0.39 is 5.97 Å². The molecule has 0 bridgehead atoms. The molecule has 1 aliphatic heterocycles. The Morgan fingerprint density at radius 3 is 2.88 bits per heavy atom. The van der Waals surface area contributed by atoms with Crippen molar-refractivity contribution in [3.63, 3.8) is 0 Å². The number of rotatable bonds is 4. The van der Waals surface area contributed by atoms with E-state index in [0.29, 0.717) is 12.4 Å². The number of hydrogen-bond donors (Lipinski definition) is 1. The smallest absolute Gasteiger partial charge is 0.338 e. The van der Waals surface area contributed by atoms with Gasteiger partial charge in [-0.05, 0) is 18.9 Å². The third-order valence-electron chi connectivity index (χ3n) is 2.53. The van der Waals surface area contributed by atoms with E-state index in [9.17, 15) is 4.79 Å². The molecule has 2 rings (SSSR count). The lowest BCUT2D eigenvalue weighted by atomic mass is 10.1. The predicted octanol–water partition coefficient (Wildman–Crippen LogP) is 1.67. The summed E-state index contributed by atoms with van der Waals surface area (Å²) in [6, 6.07) is 1.49. The van der Waals surface area contributed by atoms with Gasteiger partial charge in [0.2, 0.25) is 0 Å². The lowest BCUT2D eigenvalue weighted by molar-refractivity contribution is -0.0433. The molecule has 1 aliphatic rings. The first-order chi connectivity index (χ1) is 7.75. The van der Waals surface area contributed by atoms with Crippen molar-refractivity contribution >= 4 is 5.97 Å². The van der Waals surface area contributed by atoms with Gasteiger partial charge < -0.3 is 19.0 Å². The average Bonchev–Trinajstić information content (AvgIpc) is 2.76. The van der Waals surface area contributed by atoms with Gasteiger partial charge in [0.25, 0.3) is 0 Å². The molecule has 5 nitrogen and oxygen atoms in total. The maximum atomic E-state index is 10.6. The van der Waals surface area contributed by atoms with Crippen molar-refractivity contribution in [3.05, 3.63) is 23.7 Å². The predicted molar refractivity (Wildman–Crippen MR) is 54.3 cm³/mol. The van der Waals surface area contributed by atoms with E-state index in [0.717, 1.165) is 26.1 Å². The lowest BCUT2D eigenvalue weighted by Gasteiger charge is -2.21. The van der Waals surface area contributed by atoms with Crippen LogP contribution in [0.3, 0.4) is 0 Å². The second-order valence-corrected chi connectivity index (χ2v) is 3.73.